The fraction of sp³-hybridized carbons (Fsp3) is 0.741. The number of carbonyl (C=O) groups is 1. The molecule has 1 saturated carbocycles. The molecule has 33 heavy (non-hydrogen) atoms. The molecule has 1 aromatic carbocycles. The van der Waals surface area contributed by atoms with Crippen LogP contribution in [0.4, 0.5) is 5.69 Å². The molecule has 3 heterocycles. The van der Waals surface area contributed by atoms with Crippen molar-refractivity contribution in [3.05, 3.63) is 24.3 Å². The molecule has 0 radical (unpaired) electrons. The zero-order valence-corrected chi connectivity index (χ0v) is 20.3. The van der Waals surface area contributed by atoms with E-state index in [-0.39, 0.29) is 18.1 Å². The third-order valence-electron chi connectivity index (χ3n) is 8.30. The molecule has 0 N–H and O–H groups in total. The fourth-order valence-corrected chi connectivity index (χ4v) is 5.97. The number of hydrogen-bond donors (Lipinski definition) is 0. The summed E-state index contributed by atoms with van der Waals surface area (Å²) < 4.78 is 12.1. The minimum absolute atomic E-state index is 0.144. The van der Waals surface area contributed by atoms with Crippen LogP contribution in [0.1, 0.15) is 58.3 Å². The second kappa shape index (κ2) is 10.2. The zero-order valence-electron chi connectivity index (χ0n) is 20.3. The second-order valence-electron chi connectivity index (χ2n) is 10.8. The Labute approximate surface area is 199 Å². The summed E-state index contributed by atoms with van der Waals surface area (Å²) >= 11 is 0. The molecular formula is C27H41N3O3. The molecule has 1 aromatic rings. The molecule has 6 nitrogen and oxygen atoms in total. The van der Waals surface area contributed by atoms with E-state index in [0.717, 1.165) is 63.7 Å². The van der Waals surface area contributed by atoms with Crippen LogP contribution in [0.2, 0.25) is 0 Å². The van der Waals surface area contributed by atoms with Crippen LogP contribution in [-0.4, -0.2) is 79.8 Å². The van der Waals surface area contributed by atoms with Crippen molar-refractivity contribution in [1.82, 2.24) is 9.80 Å². The summed E-state index contributed by atoms with van der Waals surface area (Å²) in [6, 6.07) is 9.05. The van der Waals surface area contributed by atoms with E-state index >= 15 is 0 Å². The van der Waals surface area contributed by atoms with Crippen molar-refractivity contribution in [3.63, 3.8) is 0 Å². The summed E-state index contributed by atoms with van der Waals surface area (Å²) in [4.78, 5) is 19.5. The molecule has 0 aromatic heterocycles. The first-order valence-electron chi connectivity index (χ1n) is 13.2. The highest BCUT2D eigenvalue weighted by atomic mass is 16.5. The summed E-state index contributed by atoms with van der Waals surface area (Å²) in [5.74, 6) is 1.99. The van der Waals surface area contributed by atoms with Crippen molar-refractivity contribution in [2.24, 2.45) is 5.92 Å². The van der Waals surface area contributed by atoms with Gasteiger partial charge in [-0.2, -0.15) is 0 Å². The smallest absolute Gasteiger partial charge is 0.248 e. The van der Waals surface area contributed by atoms with Gasteiger partial charge in [-0.25, -0.2) is 0 Å². The van der Waals surface area contributed by atoms with Crippen LogP contribution in [0.5, 0.6) is 5.75 Å². The van der Waals surface area contributed by atoms with Crippen LogP contribution in [-0.2, 0) is 9.53 Å². The Bertz CT molecular complexity index is 786. The SMILES string of the molecule is C[C@H]1CCCN(CCCOc2ccc(N3CCC4(CC3)CN(C3CCC3)C(=O)CO4)cc2)C1. The molecule has 3 saturated heterocycles. The van der Waals surface area contributed by atoms with Crippen molar-refractivity contribution >= 4 is 11.6 Å². The molecular weight excluding hydrogens is 414 g/mol. The van der Waals surface area contributed by atoms with E-state index in [1.165, 1.54) is 50.9 Å². The lowest BCUT2D eigenvalue weighted by atomic mass is 9.85. The Hall–Kier alpha value is -1.79. The highest BCUT2D eigenvalue weighted by molar-refractivity contribution is 5.78. The fourth-order valence-electron chi connectivity index (χ4n) is 5.97. The number of likely N-dealkylation sites (tertiary alicyclic amines) is 1. The summed E-state index contributed by atoms with van der Waals surface area (Å²) in [7, 11) is 0. The van der Waals surface area contributed by atoms with E-state index in [1.807, 2.05) is 0 Å². The van der Waals surface area contributed by atoms with E-state index in [9.17, 15) is 4.79 Å². The van der Waals surface area contributed by atoms with Crippen molar-refractivity contribution in [1.29, 1.82) is 0 Å². The van der Waals surface area contributed by atoms with Gasteiger partial charge in [0.25, 0.3) is 0 Å². The van der Waals surface area contributed by atoms with Crippen LogP contribution in [0.3, 0.4) is 0 Å². The van der Waals surface area contributed by atoms with Crippen LogP contribution in [0.15, 0.2) is 24.3 Å². The Morgan fingerprint density at radius 2 is 1.85 bits per heavy atom. The Balaban J connectivity index is 1.06. The molecule has 0 unspecified atom stereocenters. The molecule has 3 aliphatic heterocycles. The number of anilines is 1. The van der Waals surface area contributed by atoms with Gasteiger partial charge in [0.2, 0.25) is 5.91 Å². The second-order valence-corrected chi connectivity index (χ2v) is 10.8. The van der Waals surface area contributed by atoms with Gasteiger partial charge in [0.05, 0.1) is 18.8 Å². The van der Waals surface area contributed by atoms with E-state index in [0.29, 0.717) is 6.04 Å². The minimum Gasteiger partial charge on any atom is -0.494 e. The van der Waals surface area contributed by atoms with Gasteiger partial charge in [0, 0.05) is 37.9 Å². The number of amides is 1. The van der Waals surface area contributed by atoms with Gasteiger partial charge in [-0.3, -0.25) is 4.79 Å². The number of nitrogens with zero attached hydrogens (tertiary/aromatic N) is 3. The molecule has 4 fully saturated rings. The number of hydrogen-bond acceptors (Lipinski definition) is 5. The number of carbonyl (C=O) groups excluding carboxylic acids is 1. The first-order chi connectivity index (χ1) is 16.1. The summed E-state index contributed by atoms with van der Waals surface area (Å²) in [6.07, 6.45) is 9.36. The van der Waals surface area contributed by atoms with Gasteiger partial charge in [0.1, 0.15) is 12.4 Å². The first-order valence-corrected chi connectivity index (χ1v) is 13.2. The van der Waals surface area contributed by atoms with E-state index in [1.54, 1.807) is 0 Å². The standard InChI is InChI=1S/C27H41N3O3/c1-22-5-3-14-28(19-22)15-4-18-32-25-10-8-23(9-11-25)29-16-12-27(13-17-29)21-30(24-6-2-7-24)26(31)20-33-27/h8-11,22,24H,2-7,12-21H2,1H3/t22-/m0/s1. The molecule has 1 amide bonds. The Morgan fingerprint density at radius 3 is 2.55 bits per heavy atom. The lowest BCUT2D eigenvalue weighted by Crippen LogP contribution is -2.61. The Kier molecular flexibility index (Phi) is 7.12. The van der Waals surface area contributed by atoms with E-state index in [2.05, 4.69) is 45.9 Å². The molecule has 6 heteroatoms. The van der Waals surface area contributed by atoms with Crippen molar-refractivity contribution < 1.29 is 14.3 Å². The average Bonchev–Trinajstić information content (AvgIpc) is 2.79. The molecule has 1 aliphatic carbocycles. The van der Waals surface area contributed by atoms with Crippen LogP contribution in [0.25, 0.3) is 0 Å². The lowest BCUT2D eigenvalue weighted by molar-refractivity contribution is -0.174. The zero-order chi connectivity index (χ0) is 22.7. The topological polar surface area (TPSA) is 45.2 Å². The average molecular weight is 456 g/mol. The van der Waals surface area contributed by atoms with Gasteiger partial charge in [0.15, 0.2) is 0 Å². The normalized spacial score (nSPS) is 26.5. The number of morpholine rings is 1. The predicted molar refractivity (Wildman–Crippen MR) is 131 cm³/mol. The molecule has 1 spiro atoms. The van der Waals surface area contributed by atoms with Gasteiger partial charge < -0.3 is 24.2 Å². The van der Waals surface area contributed by atoms with Crippen molar-refractivity contribution in [3.8, 4) is 5.75 Å². The van der Waals surface area contributed by atoms with E-state index in [4.69, 9.17) is 9.47 Å². The highest BCUT2D eigenvalue weighted by Gasteiger charge is 2.45. The monoisotopic (exact) mass is 455 g/mol. The molecule has 0 bridgehead atoms. The van der Waals surface area contributed by atoms with Gasteiger partial charge in [-0.05, 0) is 88.1 Å². The third-order valence-corrected chi connectivity index (χ3v) is 8.30. The summed E-state index contributed by atoms with van der Waals surface area (Å²) in [6.45, 7) is 9.77. The number of rotatable bonds is 7. The largest absolute Gasteiger partial charge is 0.494 e. The predicted octanol–water partition coefficient (Wildman–Crippen LogP) is 3.94. The van der Waals surface area contributed by atoms with Crippen molar-refractivity contribution in [2.45, 2.75) is 69.9 Å². The van der Waals surface area contributed by atoms with E-state index < -0.39 is 0 Å². The quantitative estimate of drug-likeness (QED) is 0.583. The molecule has 182 valence electrons. The van der Waals surface area contributed by atoms with Crippen LogP contribution >= 0.6 is 0 Å². The molecule has 4 aliphatic rings. The molecule has 5 rings (SSSR count). The maximum absolute atomic E-state index is 12.3. The maximum Gasteiger partial charge on any atom is 0.248 e. The Morgan fingerprint density at radius 1 is 1.06 bits per heavy atom. The highest BCUT2D eigenvalue weighted by Crippen LogP contribution is 2.36. The van der Waals surface area contributed by atoms with Crippen LogP contribution in [0, 0.1) is 5.92 Å². The van der Waals surface area contributed by atoms with Crippen LogP contribution < -0.4 is 9.64 Å². The van der Waals surface area contributed by atoms with Crippen molar-refractivity contribution in [2.75, 3.05) is 57.4 Å². The number of piperidine rings is 2. The molecule has 1 atom stereocenters. The first kappa shape index (κ1) is 23.0. The minimum atomic E-state index is -0.144. The van der Waals surface area contributed by atoms with Gasteiger partial charge >= 0.3 is 0 Å². The number of ether oxygens (including phenoxy) is 2. The number of benzene rings is 1. The van der Waals surface area contributed by atoms with Gasteiger partial charge in [-0.15, -0.1) is 0 Å². The van der Waals surface area contributed by atoms with Gasteiger partial charge in [-0.1, -0.05) is 6.92 Å². The lowest BCUT2D eigenvalue weighted by Gasteiger charge is -2.50. The summed E-state index contributed by atoms with van der Waals surface area (Å²) in [5.41, 5.74) is 1.11. The summed E-state index contributed by atoms with van der Waals surface area (Å²) in [5, 5.41) is 0. The maximum atomic E-state index is 12.3. The third kappa shape index (κ3) is 5.48.